The smallest absolute Gasteiger partial charge is 0.332 e. The van der Waals surface area contributed by atoms with Gasteiger partial charge in [-0.2, -0.15) is 0 Å². The average molecular weight is 283 g/mol. The highest BCUT2D eigenvalue weighted by molar-refractivity contribution is 5.72. The highest BCUT2D eigenvalue weighted by atomic mass is 16.5. The molecule has 2 heterocycles. The summed E-state index contributed by atoms with van der Waals surface area (Å²) in [5, 5.41) is 8.97. The topological polar surface area (TPSA) is 49.8 Å². The maximum absolute atomic E-state index is 10.9. The van der Waals surface area contributed by atoms with E-state index in [1.807, 2.05) is 0 Å². The number of hydrogen-bond donors (Lipinski definition) is 1. The maximum atomic E-state index is 10.9. The van der Waals surface area contributed by atoms with Gasteiger partial charge in [-0.15, -0.1) is 0 Å². The first-order valence-corrected chi connectivity index (χ1v) is 7.97. The van der Waals surface area contributed by atoms with E-state index in [1.165, 1.54) is 19.3 Å². The standard InChI is InChI=1S/C16H29NO3/c1-16(2,3)12-5-4-9-17(10-8-12)11-13-6-7-14(20-13)15(18)19/h12-14H,4-11H2,1-3H3,(H,18,19). The van der Waals surface area contributed by atoms with Gasteiger partial charge in [-0.05, 0) is 56.5 Å². The van der Waals surface area contributed by atoms with Crippen LogP contribution in [0.2, 0.25) is 0 Å². The highest BCUT2D eigenvalue weighted by Crippen LogP contribution is 2.34. The molecule has 0 aromatic carbocycles. The van der Waals surface area contributed by atoms with Crippen LogP contribution in [0.15, 0.2) is 0 Å². The number of ether oxygens (including phenoxy) is 1. The Balaban J connectivity index is 1.79. The molecule has 3 atom stereocenters. The molecule has 2 rings (SSSR count). The van der Waals surface area contributed by atoms with E-state index >= 15 is 0 Å². The van der Waals surface area contributed by atoms with Crippen molar-refractivity contribution >= 4 is 5.97 Å². The van der Waals surface area contributed by atoms with Crippen molar-refractivity contribution in [1.29, 1.82) is 0 Å². The Morgan fingerprint density at radius 1 is 1.20 bits per heavy atom. The molecule has 0 aromatic rings. The number of nitrogens with zero attached hydrogens (tertiary/aromatic N) is 1. The lowest BCUT2D eigenvalue weighted by atomic mass is 9.77. The summed E-state index contributed by atoms with van der Waals surface area (Å²) in [5.41, 5.74) is 0.397. The van der Waals surface area contributed by atoms with Crippen LogP contribution in [-0.4, -0.2) is 47.8 Å². The Labute approximate surface area is 122 Å². The summed E-state index contributed by atoms with van der Waals surface area (Å²) in [7, 11) is 0. The van der Waals surface area contributed by atoms with Crippen LogP contribution in [0.1, 0.15) is 52.9 Å². The van der Waals surface area contributed by atoms with E-state index in [2.05, 4.69) is 25.7 Å². The summed E-state index contributed by atoms with van der Waals surface area (Å²) in [6, 6.07) is 0. The second-order valence-corrected chi connectivity index (χ2v) is 7.46. The molecule has 0 bridgehead atoms. The monoisotopic (exact) mass is 283 g/mol. The van der Waals surface area contributed by atoms with Gasteiger partial charge in [0.1, 0.15) is 0 Å². The largest absolute Gasteiger partial charge is 0.479 e. The van der Waals surface area contributed by atoms with Crippen LogP contribution in [0.4, 0.5) is 0 Å². The third-order valence-electron chi connectivity index (χ3n) is 4.89. The second kappa shape index (κ2) is 6.44. The van der Waals surface area contributed by atoms with Gasteiger partial charge in [0.15, 0.2) is 6.10 Å². The molecule has 0 spiro atoms. The minimum atomic E-state index is -0.809. The zero-order valence-corrected chi connectivity index (χ0v) is 13.1. The molecule has 0 radical (unpaired) electrons. The normalized spacial score (nSPS) is 33.0. The van der Waals surface area contributed by atoms with Crippen LogP contribution in [0, 0.1) is 11.3 Å². The van der Waals surface area contributed by atoms with Crippen molar-refractivity contribution in [2.24, 2.45) is 11.3 Å². The van der Waals surface area contributed by atoms with Crippen LogP contribution in [0.5, 0.6) is 0 Å². The van der Waals surface area contributed by atoms with E-state index in [4.69, 9.17) is 9.84 Å². The Kier molecular flexibility index (Phi) is 5.08. The molecule has 3 unspecified atom stereocenters. The third-order valence-corrected chi connectivity index (χ3v) is 4.89. The SMILES string of the molecule is CC(C)(C)C1CCCN(CC2CCC(C(=O)O)O2)CC1. The predicted octanol–water partition coefficient (Wildman–Crippen LogP) is 2.77. The molecule has 4 nitrogen and oxygen atoms in total. The van der Waals surface area contributed by atoms with Gasteiger partial charge in [0.2, 0.25) is 0 Å². The molecule has 0 saturated carbocycles. The molecule has 20 heavy (non-hydrogen) atoms. The average Bonchev–Trinajstić information content (AvgIpc) is 2.66. The molecule has 1 N–H and O–H groups in total. The number of rotatable bonds is 3. The maximum Gasteiger partial charge on any atom is 0.332 e. The molecule has 2 fully saturated rings. The molecule has 2 aliphatic rings. The summed E-state index contributed by atoms with van der Waals surface area (Å²) < 4.78 is 5.62. The van der Waals surface area contributed by atoms with Gasteiger partial charge in [-0.3, -0.25) is 0 Å². The lowest BCUT2D eigenvalue weighted by Crippen LogP contribution is -2.34. The molecular formula is C16H29NO3. The van der Waals surface area contributed by atoms with E-state index in [1.54, 1.807) is 0 Å². The molecule has 4 heteroatoms. The molecule has 0 aliphatic carbocycles. The van der Waals surface area contributed by atoms with Gasteiger partial charge >= 0.3 is 5.97 Å². The summed E-state index contributed by atoms with van der Waals surface area (Å²) in [5.74, 6) is -0.0140. The van der Waals surface area contributed by atoms with Crippen molar-refractivity contribution in [1.82, 2.24) is 4.90 Å². The Hall–Kier alpha value is -0.610. The second-order valence-electron chi connectivity index (χ2n) is 7.46. The fourth-order valence-corrected chi connectivity index (χ4v) is 3.51. The quantitative estimate of drug-likeness (QED) is 0.865. The van der Waals surface area contributed by atoms with Gasteiger partial charge in [-0.25, -0.2) is 4.79 Å². The van der Waals surface area contributed by atoms with Gasteiger partial charge in [0, 0.05) is 6.54 Å². The van der Waals surface area contributed by atoms with Gasteiger partial charge in [-0.1, -0.05) is 20.8 Å². The Bertz CT molecular complexity index is 337. The van der Waals surface area contributed by atoms with Gasteiger partial charge < -0.3 is 14.7 Å². The first-order valence-electron chi connectivity index (χ1n) is 7.97. The zero-order chi connectivity index (χ0) is 14.8. The van der Waals surface area contributed by atoms with Crippen LogP contribution in [0.25, 0.3) is 0 Å². The molecule has 0 aromatic heterocycles. The van der Waals surface area contributed by atoms with E-state index in [-0.39, 0.29) is 6.10 Å². The van der Waals surface area contributed by atoms with Crippen molar-refractivity contribution in [3.05, 3.63) is 0 Å². The minimum absolute atomic E-state index is 0.113. The highest BCUT2D eigenvalue weighted by Gasteiger charge is 2.32. The number of carboxylic acid groups (broad SMARTS) is 1. The molecular weight excluding hydrogens is 254 g/mol. The van der Waals surface area contributed by atoms with E-state index in [0.717, 1.165) is 32.0 Å². The number of carbonyl (C=O) groups is 1. The molecule has 116 valence electrons. The van der Waals surface area contributed by atoms with Gasteiger partial charge in [0.25, 0.3) is 0 Å². The molecule has 2 saturated heterocycles. The number of carboxylic acids is 1. The summed E-state index contributed by atoms with van der Waals surface area (Å²) >= 11 is 0. The summed E-state index contributed by atoms with van der Waals surface area (Å²) in [6.07, 6.45) is 4.89. The number of likely N-dealkylation sites (tertiary alicyclic amines) is 1. The molecule has 2 aliphatic heterocycles. The zero-order valence-electron chi connectivity index (χ0n) is 13.1. The lowest BCUT2D eigenvalue weighted by molar-refractivity contribution is -0.149. The Morgan fingerprint density at radius 3 is 2.55 bits per heavy atom. The predicted molar refractivity (Wildman–Crippen MR) is 78.8 cm³/mol. The number of aliphatic carboxylic acids is 1. The number of hydrogen-bond acceptors (Lipinski definition) is 3. The van der Waals surface area contributed by atoms with E-state index < -0.39 is 12.1 Å². The third kappa shape index (κ3) is 4.19. The lowest BCUT2D eigenvalue weighted by Gasteiger charge is -2.30. The van der Waals surface area contributed by atoms with Crippen LogP contribution < -0.4 is 0 Å². The fraction of sp³-hybridized carbons (Fsp3) is 0.938. The fourth-order valence-electron chi connectivity index (χ4n) is 3.51. The van der Waals surface area contributed by atoms with Crippen molar-refractivity contribution in [3.8, 4) is 0 Å². The minimum Gasteiger partial charge on any atom is -0.479 e. The molecule has 0 amide bonds. The van der Waals surface area contributed by atoms with Crippen molar-refractivity contribution in [2.75, 3.05) is 19.6 Å². The first kappa shape index (κ1) is 15.8. The van der Waals surface area contributed by atoms with E-state index in [9.17, 15) is 4.79 Å². The van der Waals surface area contributed by atoms with Gasteiger partial charge in [0.05, 0.1) is 6.10 Å². The van der Waals surface area contributed by atoms with Crippen molar-refractivity contribution < 1.29 is 14.6 Å². The van der Waals surface area contributed by atoms with Crippen LogP contribution in [-0.2, 0) is 9.53 Å². The van der Waals surface area contributed by atoms with Crippen molar-refractivity contribution in [3.63, 3.8) is 0 Å². The van der Waals surface area contributed by atoms with Crippen molar-refractivity contribution in [2.45, 2.75) is 65.1 Å². The summed E-state index contributed by atoms with van der Waals surface area (Å²) in [6.45, 7) is 10.2. The van der Waals surface area contributed by atoms with Crippen LogP contribution >= 0.6 is 0 Å². The first-order chi connectivity index (χ1) is 9.36. The Morgan fingerprint density at radius 2 is 1.95 bits per heavy atom. The van der Waals surface area contributed by atoms with Crippen LogP contribution in [0.3, 0.4) is 0 Å². The van der Waals surface area contributed by atoms with E-state index in [0.29, 0.717) is 11.8 Å². The summed E-state index contributed by atoms with van der Waals surface area (Å²) in [4.78, 5) is 13.4.